The summed E-state index contributed by atoms with van der Waals surface area (Å²) in [5.74, 6) is -1.11. The number of hydrogen-bond donors (Lipinski definition) is 1. The van der Waals surface area contributed by atoms with Crippen LogP contribution in [0.2, 0.25) is 0 Å². The van der Waals surface area contributed by atoms with Crippen molar-refractivity contribution >= 4 is 35.1 Å². The number of anilines is 2. The topological polar surface area (TPSA) is 52.7 Å². The number of fused-ring (bicyclic) bond motifs is 2. The summed E-state index contributed by atoms with van der Waals surface area (Å²) in [6, 6.07) is 17.6. The molecule has 5 rings (SSSR count). The predicted molar refractivity (Wildman–Crippen MR) is 125 cm³/mol. The monoisotopic (exact) mass is 465 g/mol. The number of carbonyl (C=O) groups excluding carboxylic acids is 2. The van der Waals surface area contributed by atoms with E-state index in [-0.39, 0.29) is 24.0 Å². The van der Waals surface area contributed by atoms with Crippen LogP contribution in [0.4, 0.5) is 25.0 Å². The average molecular weight is 466 g/mol. The number of nitrogens with one attached hydrogen (secondary N) is 1. The van der Waals surface area contributed by atoms with Gasteiger partial charge in [-0.25, -0.2) is 13.6 Å². The van der Waals surface area contributed by atoms with Crippen molar-refractivity contribution in [2.24, 2.45) is 0 Å². The van der Waals surface area contributed by atoms with Crippen LogP contribution in [-0.2, 0) is 16.2 Å². The molecule has 0 unspecified atom stereocenters. The van der Waals surface area contributed by atoms with E-state index in [1.165, 1.54) is 28.8 Å². The molecule has 1 fully saturated rings. The normalized spacial score (nSPS) is 19.3. The van der Waals surface area contributed by atoms with E-state index in [1.54, 1.807) is 17.0 Å². The number of rotatable bonds is 3. The number of thioether (sulfide) groups is 1. The number of aryl methyl sites for hydroxylation is 1. The Morgan fingerprint density at radius 1 is 1.09 bits per heavy atom. The fourth-order valence-electron chi connectivity index (χ4n) is 4.42. The zero-order valence-corrected chi connectivity index (χ0v) is 18.7. The molecule has 1 saturated heterocycles. The molecular weight excluding hydrogens is 444 g/mol. The number of para-hydroxylation sites is 1. The zero-order valence-electron chi connectivity index (χ0n) is 17.8. The van der Waals surface area contributed by atoms with E-state index in [1.807, 2.05) is 43.3 Å². The van der Waals surface area contributed by atoms with Gasteiger partial charge in [0, 0.05) is 35.2 Å². The van der Waals surface area contributed by atoms with Crippen molar-refractivity contribution in [3.8, 4) is 0 Å². The van der Waals surface area contributed by atoms with Gasteiger partial charge < -0.3 is 10.2 Å². The number of carbonyl (C=O) groups is 2. The van der Waals surface area contributed by atoms with Gasteiger partial charge in [0.25, 0.3) is 5.91 Å². The number of nitrogens with zero attached hydrogens (tertiary/aromatic N) is 2. The quantitative estimate of drug-likeness (QED) is 0.575. The molecule has 2 aliphatic heterocycles. The molecule has 33 heavy (non-hydrogen) atoms. The molecule has 0 bridgehead atoms. The highest BCUT2D eigenvalue weighted by molar-refractivity contribution is 8.01. The van der Waals surface area contributed by atoms with Gasteiger partial charge >= 0.3 is 6.03 Å². The summed E-state index contributed by atoms with van der Waals surface area (Å²) in [5, 5.41) is 2.88. The fraction of sp³-hybridized carbons (Fsp3) is 0.200. The molecule has 1 spiro atoms. The molecule has 2 aliphatic rings. The van der Waals surface area contributed by atoms with Gasteiger partial charge in [-0.15, -0.1) is 11.8 Å². The third kappa shape index (κ3) is 3.54. The zero-order chi connectivity index (χ0) is 23.2. The number of hydrogen-bond acceptors (Lipinski definition) is 3. The van der Waals surface area contributed by atoms with Gasteiger partial charge in [-0.3, -0.25) is 9.69 Å². The second-order valence-electron chi connectivity index (χ2n) is 8.09. The minimum absolute atomic E-state index is 0.0581. The molecule has 168 valence electrons. The van der Waals surface area contributed by atoms with Crippen molar-refractivity contribution in [1.29, 1.82) is 0 Å². The summed E-state index contributed by atoms with van der Waals surface area (Å²) < 4.78 is 27.8. The lowest BCUT2D eigenvalue weighted by Gasteiger charge is -2.33. The highest BCUT2D eigenvalue weighted by Crippen LogP contribution is 2.54. The summed E-state index contributed by atoms with van der Waals surface area (Å²) in [7, 11) is 0. The SMILES string of the molecule is Cc1ccc2c(c1)[C@@]1(SCCN1C(=O)Nc1ccccc1)C(=O)N2Cc1ccc(F)cc1F. The maximum atomic E-state index is 14.4. The van der Waals surface area contributed by atoms with Gasteiger partial charge in [-0.1, -0.05) is 42.0 Å². The van der Waals surface area contributed by atoms with Crippen LogP contribution < -0.4 is 10.2 Å². The Bertz CT molecular complexity index is 1250. The van der Waals surface area contributed by atoms with E-state index in [0.29, 0.717) is 29.2 Å². The van der Waals surface area contributed by atoms with Crippen molar-refractivity contribution in [3.63, 3.8) is 0 Å². The van der Waals surface area contributed by atoms with E-state index in [9.17, 15) is 18.4 Å². The smallest absolute Gasteiger partial charge is 0.308 e. The van der Waals surface area contributed by atoms with Gasteiger partial charge in [-0.2, -0.15) is 0 Å². The highest BCUT2D eigenvalue weighted by atomic mass is 32.2. The molecule has 1 N–H and O–H groups in total. The Morgan fingerprint density at radius 3 is 2.64 bits per heavy atom. The molecule has 0 radical (unpaired) electrons. The third-order valence-corrected chi connectivity index (χ3v) is 7.38. The summed E-state index contributed by atoms with van der Waals surface area (Å²) >= 11 is 1.40. The second kappa shape index (κ2) is 8.19. The van der Waals surface area contributed by atoms with Crippen molar-refractivity contribution in [2.75, 3.05) is 22.5 Å². The minimum atomic E-state index is -1.24. The summed E-state index contributed by atoms with van der Waals surface area (Å²) in [6.45, 7) is 2.26. The lowest BCUT2D eigenvalue weighted by molar-refractivity contribution is -0.123. The number of halogens is 2. The standard InChI is InChI=1S/C25H21F2N3O2S/c1-16-7-10-22-20(13-16)25(23(31)29(22)15-17-8-9-18(26)14-21(17)27)30(11-12-33-25)24(32)28-19-5-3-2-4-6-19/h2-10,13-14H,11-12,15H2,1H3,(H,28,32)/t25-/m1/s1. The first-order valence-corrected chi connectivity index (χ1v) is 11.5. The van der Waals surface area contributed by atoms with E-state index in [2.05, 4.69) is 5.32 Å². The minimum Gasteiger partial charge on any atom is -0.308 e. The van der Waals surface area contributed by atoms with E-state index >= 15 is 0 Å². The van der Waals surface area contributed by atoms with Crippen LogP contribution >= 0.6 is 11.8 Å². The largest absolute Gasteiger partial charge is 0.323 e. The Morgan fingerprint density at radius 2 is 1.88 bits per heavy atom. The van der Waals surface area contributed by atoms with Gasteiger partial charge in [0.1, 0.15) is 11.6 Å². The molecule has 5 nitrogen and oxygen atoms in total. The van der Waals surface area contributed by atoms with Crippen molar-refractivity contribution in [1.82, 2.24) is 4.90 Å². The molecule has 3 aromatic rings. The molecule has 0 aromatic heterocycles. The van der Waals surface area contributed by atoms with Gasteiger partial charge in [0.05, 0.1) is 12.2 Å². The van der Waals surface area contributed by atoms with Crippen LogP contribution in [0.3, 0.4) is 0 Å². The van der Waals surface area contributed by atoms with Crippen LogP contribution in [0, 0.1) is 18.6 Å². The van der Waals surface area contributed by atoms with Crippen molar-refractivity contribution in [3.05, 3.63) is 95.1 Å². The van der Waals surface area contributed by atoms with Gasteiger partial charge in [-0.05, 0) is 31.2 Å². The van der Waals surface area contributed by atoms with Crippen LogP contribution in [0.1, 0.15) is 16.7 Å². The molecule has 0 aliphatic carbocycles. The summed E-state index contributed by atoms with van der Waals surface area (Å²) in [5.41, 5.74) is 3.12. The Kier molecular flexibility index (Phi) is 5.32. The maximum absolute atomic E-state index is 14.4. The Hall–Kier alpha value is -3.39. The van der Waals surface area contributed by atoms with E-state index in [4.69, 9.17) is 0 Å². The third-order valence-electron chi connectivity index (χ3n) is 5.96. The number of amides is 3. The first-order valence-electron chi connectivity index (χ1n) is 10.5. The van der Waals surface area contributed by atoms with E-state index in [0.717, 1.165) is 11.6 Å². The van der Waals surface area contributed by atoms with Gasteiger partial charge in [0.2, 0.25) is 0 Å². The maximum Gasteiger partial charge on any atom is 0.323 e. The molecule has 2 heterocycles. The molecular formula is C25H21F2N3O2S. The Balaban J connectivity index is 1.55. The summed E-state index contributed by atoms with van der Waals surface area (Å²) in [6.07, 6.45) is 0. The predicted octanol–water partition coefficient (Wildman–Crippen LogP) is 5.25. The first-order chi connectivity index (χ1) is 15.9. The summed E-state index contributed by atoms with van der Waals surface area (Å²) in [4.78, 5) is 29.1. The molecule has 1 atom stereocenters. The van der Waals surface area contributed by atoms with Crippen LogP contribution in [-0.4, -0.2) is 29.1 Å². The lowest BCUT2D eigenvalue weighted by Crippen LogP contribution is -2.51. The van der Waals surface area contributed by atoms with Crippen molar-refractivity contribution < 1.29 is 18.4 Å². The number of benzene rings is 3. The molecule has 0 saturated carbocycles. The lowest BCUT2D eigenvalue weighted by atomic mass is 10.0. The second-order valence-corrected chi connectivity index (χ2v) is 9.38. The van der Waals surface area contributed by atoms with Crippen LogP contribution in [0.25, 0.3) is 0 Å². The van der Waals surface area contributed by atoms with Crippen molar-refractivity contribution in [2.45, 2.75) is 18.3 Å². The van der Waals surface area contributed by atoms with Crippen LogP contribution in [0.5, 0.6) is 0 Å². The highest BCUT2D eigenvalue weighted by Gasteiger charge is 2.59. The Labute approximate surface area is 194 Å². The molecule has 3 aromatic carbocycles. The first kappa shape index (κ1) is 21.5. The molecule has 3 amide bonds. The van der Waals surface area contributed by atoms with E-state index < -0.39 is 16.5 Å². The van der Waals surface area contributed by atoms with Crippen LogP contribution in [0.15, 0.2) is 66.7 Å². The number of urea groups is 1. The van der Waals surface area contributed by atoms with Gasteiger partial charge in [0.15, 0.2) is 4.87 Å². The fourth-order valence-corrected chi connectivity index (χ4v) is 5.87. The average Bonchev–Trinajstić information content (AvgIpc) is 3.33. The molecule has 8 heteroatoms.